The van der Waals surface area contributed by atoms with Gasteiger partial charge in [-0.15, -0.1) is 6.58 Å². The van der Waals surface area contributed by atoms with Crippen LogP contribution >= 0.6 is 0 Å². The van der Waals surface area contributed by atoms with E-state index in [1.807, 2.05) is 13.1 Å². The van der Waals surface area contributed by atoms with Crippen molar-refractivity contribution in [3.05, 3.63) is 12.7 Å². The summed E-state index contributed by atoms with van der Waals surface area (Å²) in [6, 6.07) is 0. The van der Waals surface area contributed by atoms with Crippen LogP contribution in [0.15, 0.2) is 12.7 Å². The van der Waals surface area contributed by atoms with Gasteiger partial charge in [0.2, 0.25) is 0 Å². The Hall–Kier alpha value is -0.573. The number of carboxylic acid groups (broad SMARTS) is 1. The molecule has 1 N–H and O–H groups in total. The van der Waals surface area contributed by atoms with E-state index in [1.54, 1.807) is 0 Å². The molecule has 1 radical (unpaired) electrons. The van der Waals surface area contributed by atoms with Crippen molar-refractivity contribution in [3.63, 3.8) is 0 Å². The molecule has 0 amide bonds. The highest BCUT2D eigenvalue weighted by Gasteiger charge is 2.17. The normalized spacial score (nSPS) is 13.2. The van der Waals surface area contributed by atoms with E-state index in [9.17, 15) is 4.79 Å². The van der Waals surface area contributed by atoms with Crippen molar-refractivity contribution in [3.8, 4) is 0 Å². The maximum Gasteiger partial charge on any atom is 0.307 e. The highest BCUT2D eigenvalue weighted by molar-refractivity contribution is 6.62. The minimum Gasteiger partial charge on any atom is -0.481 e. The third kappa shape index (κ3) is 2.46. The molecule has 1 atom stereocenters. The van der Waals surface area contributed by atoms with Gasteiger partial charge >= 0.3 is 5.97 Å². The third-order valence-electron chi connectivity index (χ3n) is 1.12. The van der Waals surface area contributed by atoms with Gasteiger partial charge in [0.25, 0.3) is 0 Å². The zero-order valence-corrected chi connectivity index (χ0v) is 6.72. The molecule has 51 valence electrons. The van der Waals surface area contributed by atoms with Crippen LogP contribution in [0.3, 0.4) is 0 Å². The average Bonchev–Trinajstić information content (AvgIpc) is 1.64. The first-order valence-corrected chi connectivity index (χ1v) is 5.32. The van der Waals surface area contributed by atoms with Gasteiger partial charge in [-0.05, 0) is 0 Å². The molecule has 0 saturated heterocycles. The van der Waals surface area contributed by atoms with Gasteiger partial charge in [0.15, 0.2) is 0 Å². The summed E-state index contributed by atoms with van der Waals surface area (Å²) in [5.41, 5.74) is -0.296. The average molecular weight is 143 g/mol. The van der Waals surface area contributed by atoms with Crippen molar-refractivity contribution in [1.82, 2.24) is 0 Å². The van der Waals surface area contributed by atoms with Crippen LogP contribution in [0.1, 0.15) is 0 Å². The topological polar surface area (TPSA) is 37.3 Å². The summed E-state index contributed by atoms with van der Waals surface area (Å²) >= 11 is 0. The van der Waals surface area contributed by atoms with Gasteiger partial charge < -0.3 is 5.11 Å². The molecule has 0 aromatic heterocycles. The highest BCUT2D eigenvalue weighted by atomic mass is 28.3. The van der Waals surface area contributed by atoms with Crippen molar-refractivity contribution >= 4 is 14.8 Å². The Morgan fingerprint density at radius 2 is 2.22 bits per heavy atom. The Bertz CT molecular complexity index is 120. The summed E-state index contributed by atoms with van der Waals surface area (Å²) < 4.78 is 0. The molecule has 9 heavy (non-hydrogen) atoms. The molecule has 0 aromatic carbocycles. The van der Waals surface area contributed by atoms with E-state index in [-0.39, 0.29) is 5.54 Å². The van der Waals surface area contributed by atoms with Crippen LogP contribution in [0, 0.1) is 0 Å². The first-order valence-electron chi connectivity index (χ1n) is 2.75. The minimum atomic E-state index is -0.746. The number of rotatable bonds is 3. The fraction of sp³-hybridized carbons (Fsp3) is 0.500. The number of aliphatic carboxylic acids is 1. The number of carboxylic acids is 1. The molecule has 0 aliphatic carbocycles. The highest BCUT2D eigenvalue weighted by Crippen LogP contribution is 2.10. The maximum atomic E-state index is 10.3. The molecular formula is C6H11O2Si. The lowest BCUT2D eigenvalue weighted by Crippen LogP contribution is -2.18. The smallest absolute Gasteiger partial charge is 0.307 e. The molecule has 0 aromatic rings. The van der Waals surface area contributed by atoms with Gasteiger partial charge in [0, 0.05) is 0 Å². The zero-order chi connectivity index (χ0) is 7.44. The zero-order valence-electron chi connectivity index (χ0n) is 5.72. The maximum absolute atomic E-state index is 10.3. The predicted molar refractivity (Wildman–Crippen MR) is 39.1 cm³/mol. The Kier molecular flexibility index (Phi) is 3.23. The number of hydrogen-bond acceptors (Lipinski definition) is 1. The molecule has 0 spiro atoms. The quantitative estimate of drug-likeness (QED) is 0.478. The molecular weight excluding hydrogens is 132 g/mol. The van der Waals surface area contributed by atoms with E-state index in [1.165, 1.54) is 6.08 Å². The third-order valence-corrected chi connectivity index (χ3v) is 2.85. The van der Waals surface area contributed by atoms with E-state index in [0.29, 0.717) is 0 Å². The van der Waals surface area contributed by atoms with Gasteiger partial charge in [0.05, 0.1) is 14.3 Å². The Labute approximate surface area is 56.8 Å². The van der Waals surface area contributed by atoms with Crippen LogP contribution in [0.5, 0.6) is 0 Å². The molecule has 2 nitrogen and oxygen atoms in total. The van der Waals surface area contributed by atoms with Gasteiger partial charge in [-0.1, -0.05) is 19.2 Å². The van der Waals surface area contributed by atoms with E-state index in [4.69, 9.17) is 5.11 Å². The van der Waals surface area contributed by atoms with Gasteiger partial charge in [0.1, 0.15) is 0 Å². The summed E-state index contributed by atoms with van der Waals surface area (Å²) in [4.78, 5) is 10.3. The standard InChI is InChI=1S/C6H11O2Si/c1-4-5(6(7)8)9(2)3/h4-5H,1H2,2-3H3,(H,7,8). The summed E-state index contributed by atoms with van der Waals surface area (Å²) in [7, 11) is -0.741. The molecule has 0 aliphatic rings. The summed E-state index contributed by atoms with van der Waals surface area (Å²) in [5, 5.41) is 8.50. The van der Waals surface area contributed by atoms with E-state index in [0.717, 1.165) is 0 Å². The second-order valence-electron chi connectivity index (χ2n) is 2.13. The fourth-order valence-electron chi connectivity index (χ4n) is 0.583. The summed E-state index contributed by atoms with van der Waals surface area (Å²) in [5.74, 6) is -0.746. The lowest BCUT2D eigenvalue weighted by Gasteiger charge is -2.07. The Morgan fingerprint density at radius 3 is 2.22 bits per heavy atom. The first-order chi connectivity index (χ1) is 4.09. The first kappa shape index (κ1) is 8.43. The van der Waals surface area contributed by atoms with Crippen molar-refractivity contribution in [2.75, 3.05) is 0 Å². The van der Waals surface area contributed by atoms with Crippen molar-refractivity contribution in [1.29, 1.82) is 0 Å². The van der Waals surface area contributed by atoms with Crippen LogP contribution in [-0.4, -0.2) is 19.9 Å². The molecule has 0 heterocycles. The lowest BCUT2D eigenvalue weighted by molar-refractivity contribution is -0.136. The Balaban J connectivity index is 3.98. The summed E-state index contributed by atoms with van der Waals surface area (Å²) in [6.45, 7) is 7.38. The molecule has 1 unspecified atom stereocenters. The van der Waals surface area contributed by atoms with Gasteiger partial charge in [-0.25, -0.2) is 0 Å². The van der Waals surface area contributed by atoms with Crippen LogP contribution in [-0.2, 0) is 4.79 Å². The van der Waals surface area contributed by atoms with Gasteiger partial charge in [-0.2, -0.15) is 0 Å². The van der Waals surface area contributed by atoms with E-state index in [2.05, 4.69) is 6.58 Å². The van der Waals surface area contributed by atoms with Crippen LogP contribution in [0.25, 0.3) is 0 Å². The largest absolute Gasteiger partial charge is 0.481 e. The van der Waals surface area contributed by atoms with E-state index < -0.39 is 14.8 Å². The molecule has 0 fully saturated rings. The molecule has 0 rings (SSSR count). The molecule has 3 heteroatoms. The predicted octanol–water partition coefficient (Wildman–Crippen LogP) is 1.38. The minimum absolute atomic E-state index is 0.296. The van der Waals surface area contributed by atoms with Crippen molar-refractivity contribution in [2.24, 2.45) is 0 Å². The fourth-order valence-corrected chi connectivity index (χ4v) is 1.55. The van der Waals surface area contributed by atoms with Crippen molar-refractivity contribution < 1.29 is 9.90 Å². The molecule has 0 saturated carbocycles. The monoisotopic (exact) mass is 143 g/mol. The lowest BCUT2D eigenvalue weighted by atomic mass is 10.4. The number of carbonyl (C=O) groups is 1. The second kappa shape index (κ2) is 3.45. The molecule has 0 aliphatic heterocycles. The second-order valence-corrected chi connectivity index (χ2v) is 4.91. The van der Waals surface area contributed by atoms with Crippen molar-refractivity contribution in [2.45, 2.75) is 18.6 Å². The SMILES string of the molecule is C=CC(C(=O)O)[Si](C)C. The molecule has 0 bridgehead atoms. The van der Waals surface area contributed by atoms with E-state index >= 15 is 0 Å². The number of hydrogen-bond donors (Lipinski definition) is 1. The van der Waals surface area contributed by atoms with Gasteiger partial charge in [-0.3, -0.25) is 4.79 Å². The van der Waals surface area contributed by atoms with Crippen LogP contribution in [0.2, 0.25) is 18.6 Å². The van der Waals surface area contributed by atoms with Crippen LogP contribution in [0.4, 0.5) is 0 Å². The Morgan fingerprint density at radius 1 is 1.78 bits per heavy atom. The van der Waals surface area contributed by atoms with Crippen LogP contribution < -0.4 is 0 Å². The summed E-state index contributed by atoms with van der Waals surface area (Å²) in [6.07, 6.45) is 1.51.